The molecule has 4 aliphatic carbocycles. The summed E-state index contributed by atoms with van der Waals surface area (Å²) in [5, 5.41) is 57.5. The van der Waals surface area contributed by atoms with E-state index >= 15 is 0 Å². The standard InChI is InChI=1S/C29H35NO8/c1-12-14-8-9-15(28(3)10-6-7-11-28)22(32)18(14)23(33)19-16(12)24(34)20-21(30(4)5)25(35)17(13(2)31)26(36)29(20,38)27(19)37/h8-9,12,16,20-21,24,32-34,36,38H,6-7,10-11H2,1-5H3/t12-,16+,20+,21-,24-,29+/m0/s1. The Balaban J connectivity index is 1.78. The van der Waals surface area contributed by atoms with Gasteiger partial charge in [-0.1, -0.05) is 38.8 Å². The van der Waals surface area contributed by atoms with E-state index in [1.54, 1.807) is 13.0 Å². The van der Waals surface area contributed by atoms with E-state index in [1.165, 1.54) is 19.0 Å². The molecule has 0 bridgehead atoms. The van der Waals surface area contributed by atoms with Gasteiger partial charge >= 0.3 is 0 Å². The van der Waals surface area contributed by atoms with E-state index in [4.69, 9.17) is 0 Å². The van der Waals surface area contributed by atoms with Crippen molar-refractivity contribution in [3.8, 4) is 5.75 Å². The first-order chi connectivity index (χ1) is 17.7. The quantitative estimate of drug-likeness (QED) is 0.374. The number of Topliss-reactive ketones (excluding diaryl/α,β-unsaturated/α-hetero) is 3. The van der Waals surface area contributed by atoms with Crippen molar-refractivity contribution < 1.29 is 39.9 Å². The van der Waals surface area contributed by atoms with Crippen LogP contribution in [0.5, 0.6) is 5.75 Å². The van der Waals surface area contributed by atoms with E-state index in [0.717, 1.165) is 32.6 Å². The first-order valence-corrected chi connectivity index (χ1v) is 13.1. The Bertz CT molecular complexity index is 1330. The molecular weight excluding hydrogens is 490 g/mol. The number of fused-ring (bicyclic) bond motifs is 3. The van der Waals surface area contributed by atoms with E-state index in [1.807, 2.05) is 6.07 Å². The van der Waals surface area contributed by atoms with Gasteiger partial charge in [-0.25, -0.2) is 0 Å². The van der Waals surface area contributed by atoms with Crippen molar-refractivity contribution in [3.63, 3.8) is 0 Å². The van der Waals surface area contributed by atoms with Crippen molar-refractivity contribution in [1.82, 2.24) is 4.90 Å². The van der Waals surface area contributed by atoms with Crippen LogP contribution in [0.4, 0.5) is 0 Å². The van der Waals surface area contributed by atoms with Gasteiger partial charge in [0.1, 0.15) is 22.8 Å². The van der Waals surface area contributed by atoms with E-state index in [9.17, 15) is 39.9 Å². The van der Waals surface area contributed by atoms with E-state index in [-0.39, 0.29) is 22.3 Å². The topological polar surface area (TPSA) is 156 Å². The maximum absolute atomic E-state index is 14.1. The summed E-state index contributed by atoms with van der Waals surface area (Å²) in [4.78, 5) is 41.2. The number of ketones is 3. The number of aliphatic hydroxyl groups excluding tert-OH is 3. The molecule has 9 nitrogen and oxygen atoms in total. The molecule has 0 amide bonds. The minimum atomic E-state index is -2.83. The summed E-state index contributed by atoms with van der Waals surface area (Å²) in [5.74, 6) is -7.68. The minimum Gasteiger partial charge on any atom is -0.508 e. The zero-order valence-corrected chi connectivity index (χ0v) is 22.3. The molecule has 4 aliphatic rings. The van der Waals surface area contributed by atoms with Gasteiger partial charge in [0.05, 0.1) is 23.6 Å². The van der Waals surface area contributed by atoms with Crippen molar-refractivity contribution in [2.45, 2.75) is 75.5 Å². The molecule has 0 radical (unpaired) electrons. The summed E-state index contributed by atoms with van der Waals surface area (Å²) in [7, 11) is 3.04. The SMILES string of the molecule is CC(=O)C1=C(O)[C@@]2(O)C(=O)C3=C(O)c4c(ccc(C5(C)CCCC5)c4O)[C@H](C)[C@H]3[C@H](O)[C@H]2[C@H](N(C)C)C1=O. The number of hydrogen-bond acceptors (Lipinski definition) is 9. The number of phenols is 1. The molecule has 2 fully saturated rings. The number of phenolic OH excluding ortho intramolecular Hbond substituents is 1. The molecule has 5 rings (SSSR count). The molecule has 6 atom stereocenters. The molecule has 0 saturated heterocycles. The van der Waals surface area contributed by atoms with Gasteiger partial charge in [-0.05, 0) is 50.8 Å². The first-order valence-electron chi connectivity index (χ1n) is 13.1. The van der Waals surface area contributed by atoms with Crippen molar-refractivity contribution >= 4 is 23.1 Å². The Morgan fingerprint density at radius 2 is 1.68 bits per heavy atom. The van der Waals surface area contributed by atoms with Crippen LogP contribution in [0.15, 0.2) is 29.0 Å². The summed E-state index contributed by atoms with van der Waals surface area (Å²) in [6, 6.07) is 2.34. The second-order valence-corrected chi connectivity index (χ2v) is 11.9. The van der Waals surface area contributed by atoms with Gasteiger partial charge in [0.15, 0.2) is 17.2 Å². The van der Waals surface area contributed by atoms with Gasteiger partial charge in [-0.15, -0.1) is 0 Å². The number of aliphatic hydroxyl groups is 4. The van der Waals surface area contributed by atoms with Crippen LogP contribution in [0.3, 0.4) is 0 Å². The summed E-state index contributed by atoms with van der Waals surface area (Å²) in [5.41, 5.74) is -2.90. The van der Waals surface area contributed by atoms with Crippen molar-refractivity contribution in [2.24, 2.45) is 11.8 Å². The molecule has 0 spiro atoms. The number of hydrogen-bond donors (Lipinski definition) is 5. The smallest absolute Gasteiger partial charge is 0.202 e. The number of benzene rings is 1. The van der Waals surface area contributed by atoms with Crippen LogP contribution in [0, 0.1) is 11.8 Å². The number of carbonyl (C=O) groups excluding carboxylic acids is 3. The zero-order valence-electron chi connectivity index (χ0n) is 22.3. The summed E-state index contributed by atoms with van der Waals surface area (Å²) in [6.07, 6.45) is 2.18. The van der Waals surface area contributed by atoms with Crippen LogP contribution >= 0.6 is 0 Å². The number of nitrogens with zero attached hydrogens (tertiary/aromatic N) is 1. The molecule has 2 saturated carbocycles. The van der Waals surface area contributed by atoms with Gasteiger partial charge < -0.3 is 25.5 Å². The lowest BCUT2D eigenvalue weighted by Gasteiger charge is -2.53. The molecule has 5 N–H and O–H groups in total. The second kappa shape index (κ2) is 8.49. The Hall–Kier alpha value is -3.01. The van der Waals surface area contributed by atoms with Gasteiger partial charge in [0.25, 0.3) is 0 Å². The molecule has 1 aromatic carbocycles. The predicted molar refractivity (Wildman–Crippen MR) is 138 cm³/mol. The molecular formula is C29H35NO8. The average molecular weight is 526 g/mol. The highest BCUT2D eigenvalue weighted by molar-refractivity contribution is 6.25. The normalized spacial score (nSPS) is 34.4. The zero-order chi connectivity index (χ0) is 28.1. The Kier molecular flexibility index (Phi) is 5.94. The highest BCUT2D eigenvalue weighted by atomic mass is 16.4. The lowest BCUT2D eigenvalue weighted by molar-refractivity contribution is -0.169. The third kappa shape index (κ3) is 3.18. The van der Waals surface area contributed by atoms with Gasteiger partial charge in [0, 0.05) is 17.1 Å². The largest absolute Gasteiger partial charge is 0.508 e. The summed E-state index contributed by atoms with van der Waals surface area (Å²) < 4.78 is 0. The summed E-state index contributed by atoms with van der Waals surface area (Å²) >= 11 is 0. The Morgan fingerprint density at radius 3 is 2.24 bits per heavy atom. The van der Waals surface area contributed by atoms with Crippen LogP contribution in [0.1, 0.15) is 69.1 Å². The number of likely N-dealkylation sites (N-methyl/N-ethyl adjacent to an activating group) is 1. The van der Waals surface area contributed by atoms with Crippen molar-refractivity contribution in [2.75, 3.05) is 14.1 Å². The molecule has 0 aliphatic heterocycles. The van der Waals surface area contributed by atoms with E-state index in [0.29, 0.717) is 11.1 Å². The van der Waals surface area contributed by atoms with Crippen LogP contribution in [-0.4, -0.2) is 79.6 Å². The third-order valence-corrected chi connectivity index (χ3v) is 9.59. The van der Waals surface area contributed by atoms with Gasteiger partial charge in [-0.2, -0.15) is 0 Å². The third-order valence-electron chi connectivity index (χ3n) is 9.59. The van der Waals surface area contributed by atoms with Crippen LogP contribution in [-0.2, 0) is 19.8 Å². The Labute approximate surface area is 221 Å². The van der Waals surface area contributed by atoms with Gasteiger partial charge in [-0.3, -0.25) is 19.3 Å². The number of rotatable bonds is 3. The maximum Gasteiger partial charge on any atom is 0.202 e. The van der Waals surface area contributed by atoms with E-state index < -0.39 is 69.9 Å². The molecule has 0 aromatic heterocycles. The fraction of sp³-hybridized carbons (Fsp3) is 0.552. The predicted octanol–water partition coefficient (Wildman–Crippen LogP) is 2.43. The monoisotopic (exact) mass is 525 g/mol. The molecule has 0 heterocycles. The number of carbonyl (C=O) groups is 3. The average Bonchev–Trinajstić information content (AvgIpc) is 3.28. The van der Waals surface area contributed by atoms with Crippen LogP contribution < -0.4 is 0 Å². The number of aromatic hydroxyl groups is 1. The summed E-state index contributed by atoms with van der Waals surface area (Å²) in [6.45, 7) is 4.85. The lowest BCUT2D eigenvalue weighted by Crippen LogP contribution is -2.70. The van der Waals surface area contributed by atoms with E-state index in [2.05, 4.69) is 6.92 Å². The maximum atomic E-state index is 14.1. The fourth-order valence-electron chi connectivity index (χ4n) is 7.63. The van der Waals surface area contributed by atoms with Crippen molar-refractivity contribution in [1.29, 1.82) is 0 Å². The van der Waals surface area contributed by atoms with Gasteiger partial charge in [0.2, 0.25) is 5.78 Å². The lowest BCUT2D eigenvalue weighted by atomic mass is 9.54. The second-order valence-electron chi connectivity index (χ2n) is 11.9. The van der Waals surface area contributed by atoms with Crippen molar-refractivity contribution in [3.05, 3.63) is 45.7 Å². The fourth-order valence-corrected chi connectivity index (χ4v) is 7.63. The highest BCUT2D eigenvalue weighted by Crippen LogP contribution is 2.57. The minimum absolute atomic E-state index is 0.0725. The molecule has 1 aromatic rings. The van der Waals surface area contributed by atoms with Crippen LogP contribution in [0.25, 0.3) is 5.76 Å². The highest BCUT2D eigenvalue weighted by Gasteiger charge is 2.68. The first kappa shape index (κ1) is 26.6. The molecule has 0 unspecified atom stereocenters. The molecule has 204 valence electrons. The van der Waals surface area contributed by atoms with Crippen LogP contribution in [0.2, 0.25) is 0 Å². The molecule has 9 heteroatoms. The molecule has 38 heavy (non-hydrogen) atoms. The Morgan fingerprint density at radius 1 is 1.08 bits per heavy atom.